The molecule has 1 spiro atoms. The van der Waals surface area contributed by atoms with Gasteiger partial charge in [-0.3, -0.25) is 14.1 Å². The van der Waals surface area contributed by atoms with Crippen LogP contribution in [0.3, 0.4) is 0 Å². The van der Waals surface area contributed by atoms with Gasteiger partial charge in [-0.05, 0) is 48.2 Å². The van der Waals surface area contributed by atoms with Crippen LogP contribution in [0.1, 0.15) is 24.0 Å². The van der Waals surface area contributed by atoms with Crippen molar-refractivity contribution in [2.75, 3.05) is 25.1 Å². The van der Waals surface area contributed by atoms with Gasteiger partial charge in [0.15, 0.2) is 5.65 Å². The first kappa shape index (κ1) is 23.2. The zero-order valence-electron chi connectivity index (χ0n) is 20.2. The lowest BCUT2D eigenvalue weighted by atomic mass is 9.86. The molecule has 4 heterocycles. The number of nitrogens with one attached hydrogen (secondary N) is 1. The van der Waals surface area contributed by atoms with E-state index in [0.717, 1.165) is 29.6 Å². The lowest BCUT2D eigenvalue weighted by Gasteiger charge is -2.34. The Morgan fingerprint density at radius 1 is 1.16 bits per heavy atom. The predicted molar refractivity (Wildman–Crippen MR) is 141 cm³/mol. The van der Waals surface area contributed by atoms with Gasteiger partial charge in [0.25, 0.3) is 5.56 Å². The molecule has 0 bridgehead atoms. The summed E-state index contributed by atoms with van der Waals surface area (Å²) in [6.45, 7) is 1.68. The molecule has 1 aliphatic heterocycles. The van der Waals surface area contributed by atoms with Crippen molar-refractivity contribution < 1.29 is 8.78 Å². The van der Waals surface area contributed by atoms with E-state index in [1.54, 1.807) is 10.6 Å². The second-order valence-electron chi connectivity index (χ2n) is 9.92. The summed E-state index contributed by atoms with van der Waals surface area (Å²) < 4.78 is 30.6. The SMILES string of the molecule is O=c1c2cnc(Nc3ccc4c(c3)CN(CCF)CC43CC3)nc2n2ccnc2n1-c1c(F)cccc1Cl. The summed E-state index contributed by atoms with van der Waals surface area (Å²) in [6.07, 6.45) is 6.82. The van der Waals surface area contributed by atoms with Gasteiger partial charge in [0.2, 0.25) is 11.7 Å². The molecule has 3 aromatic heterocycles. The topological polar surface area (TPSA) is 80.3 Å². The number of aromatic nitrogens is 5. The summed E-state index contributed by atoms with van der Waals surface area (Å²) in [5.74, 6) is -0.171. The Morgan fingerprint density at radius 2 is 2.03 bits per heavy atom. The number of para-hydroxylation sites is 1. The summed E-state index contributed by atoms with van der Waals surface area (Å²) in [7, 11) is 0. The molecule has 2 aromatic carbocycles. The van der Waals surface area contributed by atoms with Gasteiger partial charge in [-0.25, -0.2) is 23.3 Å². The number of imidazole rings is 1. The van der Waals surface area contributed by atoms with Crippen molar-refractivity contribution in [3.05, 3.63) is 87.3 Å². The highest BCUT2D eigenvalue weighted by molar-refractivity contribution is 6.32. The van der Waals surface area contributed by atoms with Gasteiger partial charge in [0.05, 0.1) is 5.02 Å². The quantitative estimate of drug-likeness (QED) is 0.350. The molecule has 11 heteroatoms. The van der Waals surface area contributed by atoms with Crippen molar-refractivity contribution in [1.82, 2.24) is 28.8 Å². The van der Waals surface area contributed by atoms with Crippen molar-refractivity contribution in [3.8, 4) is 5.69 Å². The first-order chi connectivity index (χ1) is 18.5. The molecule has 1 saturated carbocycles. The highest BCUT2D eigenvalue weighted by Crippen LogP contribution is 2.52. The van der Waals surface area contributed by atoms with Gasteiger partial charge < -0.3 is 5.32 Å². The highest BCUT2D eigenvalue weighted by Gasteiger charge is 2.48. The first-order valence-electron chi connectivity index (χ1n) is 12.4. The van der Waals surface area contributed by atoms with Crippen molar-refractivity contribution >= 4 is 40.0 Å². The van der Waals surface area contributed by atoms with Crippen LogP contribution in [0.25, 0.3) is 22.5 Å². The van der Waals surface area contributed by atoms with E-state index in [1.165, 1.54) is 41.7 Å². The van der Waals surface area contributed by atoms with Gasteiger partial charge in [-0.15, -0.1) is 0 Å². The van der Waals surface area contributed by atoms with E-state index in [4.69, 9.17) is 11.6 Å². The number of alkyl halides is 1. The van der Waals surface area contributed by atoms with Crippen LogP contribution >= 0.6 is 11.6 Å². The van der Waals surface area contributed by atoms with Crippen LogP contribution in [0.2, 0.25) is 5.02 Å². The number of anilines is 2. The molecule has 38 heavy (non-hydrogen) atoms. The summed E-state index contributed by atoms with van der Waals surface area (Å²) >= 11 is 6.27. The third-order valence-corrected chi connectivity index (χ3v) is 7.82. The third-order valence-electron chi connectivity index (χ3n) is 7.52. The minimum Gasteiger partial charge on any atom is -0.324 e. The van der Waals surface area contributed by atoms with Gasteiger partial charge in [0.1, 0.15) is 23.6 Å². The van der Waals surface area contributed by atoms with E-state index in [9.17, 15) is 13.6 Å². The Balaban J connectivity index is 1.29. The molecule has 1 fully saturated rings. The van der Waals surface area contributed by atoms with Gasteiger partial charge in [-0.2, -0.15) is 4.98 Å². The van der Waals surface area contributed by atoms with Crippen LogP contribution in [0.4, 0.5) is 20.4 Å². The van der Waals surface area contributed by atoms with Crippen molar-refractivity contribution in [2.45, 2.75) is 24.8 Å². The van der Waals surface area contributed by atoms with Crippen LogP contribution < -0.4 is 10.9 Å². The van der Waals surface area contributed by atoms with Crippen molar-refractivity contribution in [1.29, 1.82) is 0 Å². The Morgan fingerprint density at radius 3 is 2.82 bits per heavy atom. The maximum atomic E-state index is 14.8. The molecular weight excluding hydrogens is 512 g/mol. The molecule has 0 unspecified atom stereocenters. The molecule has 192 valence electrons. The zero-order chi connectivity index (χ0) is 26.0. The minimum absolute atomic E-state index is 0.0798. The molecule has 8 nitrogen and oxygen atoms in total. The second kappa shape index (κ2) is 8.57. The molecule has 7 rings (SSSR count). The monoisotopic (exact) mass is 533 g/mol. The minimum atomic E-state index is -0.645. The van der Waals surface area contributed by atoms with Gasteiger partial charge in [-0.1, -0.05) is 23.7 Å². The second-order valence-corrected chi connectivity index (χ2v) is 10.3. The van der Waals surface area contributed by atoms with Gasteiger partial charge in [0, 0.05) is 49.3 Å². The first-order valence-corrected chi connectivity index (χ1v) is 12.7. The van der Waals surface area contributed by atoms with Crippen LogP contribution in [-0.2, 0) is 12.0 Å². The van der Waals surface area contributed by atoms with E-state index >= 15 is 0 Å². The maximum Gasteiger partial charge on any atom is 0.270 e. The van der Waals surface area contributed by atoms with Gasteiger partial charge >= 0.3 is 0 Å². The number of fused-ring (bicyclic) bond motifs is 5. The van der Waals surface area contributed by atoms with E-state index in [-0.39, 0.29) is 34.0 Å². The van der Waals surface area contributed by atoms with E-state index in [0.29, 0.717) is 24.7 Å². The molecule has 0 amide bonds. The van der Waals surface area contributed by atoms with Crippen molar-refractivity contribution in [3.63, 3.8) is 0 Å². The highest BCUT2D eigenvalue weighted by atomic mass is 35.5. The van der Waals surface area contributed by atoms with Crippen molar-refractivity contribution in [2.24, 2.45) is 0 Å². The molecule has 5 aromatic rings. The molecule has 0 atom stereocenters. The Hall–Kier alpha value is -3.89. The fourth-order valence-corrected chi connectivity index (χ4v) is 5.87. The predicted octanol–water partition coefficient (Wildman–Crippen LogP) is 4.78. The molecule has 1 aliphatic carbocycles. The number of rotatable bonds is 5. The molecule has 0 saturated heterocycles. The standard InChI is InChI=1S/C27H22ClF2N7O/c28-20-2-1-3-21(30)22(20)37-24(38)18-13-32-25(34-23(18)36-11-9-31-26(36)37)33-17-4-5-19-16(12-17)14-35(10-8-29)15-27(19)6-7-27/h1-5,9,11-13H,6-8,10,14-15H2,(H,32,33,34). The zero-order valence-corrected chi connectivity index (χ0v) is 20.9. The van der Waals surface area contributed by atoms with E-state index < -0.39 is 11.4 Å². The molecule has 2 aliphatic rings. The average molecular weight is 534 g/mol. The summed E-state index contributed by atoms with van der Waals surface area (Å²) in [5, 5.41) is 3.51. The lowest BCUT2D eigenvalue weighted by Crippen LogP contribution is -2.38. The van der Waals surface area contributed by atoms with Crippen LogP contribution in [0, 0.1) is 5.82 Å². The molecule has 1 N–H and O–H groups in total. The fraction of sp³-hybridized carbons (Fsp3) is 0.259. The number of hydrogen-bond acceptors (Lipinski definition) is 6. The van der Waals surface area contributed by atoms with Crippen LogP contribution in [-0.4, -0.2) is 48.6 Å². The fourth-order valence-electron chi connectivity index (χ4n) is 5.62. The number of halogens is 3. The number of benzene rings is 2. The maximum absolute atomic E-state index is 14.8. The molecular formula is C27H22ClF2N7O. The third kappa shape index (κ3) is 3.58. The van der Waals surface area contributed by atoms with E-state index in [2.05, 4.69) is 37.3 Å². The average Bonchev–Trinajstić information content (AvgIpc) is 3.48. The Labute approximate surface area is 220 Å². The summed E-state index contributed by atoms with van der Waals surface area (Å²) in [5.41, 5.74) is 3.17. The summed E-state index contributed by atoms with van der Waals surface area (Å²) in [6, 6.07) is 10.4. The number of hydrogen-bond donors (Lipinski definition) is 1. The Kier molecular flexibility index (Phi) is 5.24. The molecule has 0 radical (unpaired) electrons. The summed E-state index contributed by atoms with van der Waals surface area (Å²) in [4.78, 5) is 28.9. The van der Waals surface area contributed by atoms with Crippen LogP contribution in [0.5, 0.6) is 0 Å². The normalized spacial score (nSPS) is 16.3. The number of nitrogens with zero attached hydrogens (tertiary/aromatic N) is 6. The smallest absolute Gasteiger partial charge is 0.270 e. The largest absolute Gasteiger partial charge is 0.324 e. The Bertz CT molecular complexity index is 1780. The lowest BCUT2D eigenvalue weighted by molar-refractivity contribution is 0.204. The van der Waals surface area contributed by atoms with E-state index in [1.807, 2.05) is 6.07 Å². The van der Waals surface area contributed by atoms with Crippen LogP contribution in [0.15, 0.2) is 59.8 Å².